The third-order valence-corrected chi connectivity index (χ3v) is 4.87. The largest absolute Gasteiger partial charge is 0.486 e. The standard InChI is InChI=1S/C20H19BrN4O3/c21-16-12-18-19(28-11-10-27-18)13-17(16)23-20(26)22-8-6-14-7-9-25(24-14)15-4-2-1-3-5-15/h1-5,7,9,12-13H,6,8,10-11H2,(H2,22,23,26). The van der Waals surface area contributed by atoms with Crippen LogP contribution in [0.25, 0.3) is 5.69 Å². The van der Waals surface area contributed by atoms with E-state index in [9.17, 15) is 4.79 Å². The number of amides is 2. The van der Waals surface area contributed by atoms with Crippen LogP contribution in [0, 0.1) is 0 Å². The highest BCUT2D eigenvalue weighted by Crippen LogP contribution is 2.38. The molecule has 2 aromatic carbocycles. The van der Waals surface area contributed by atoms with Crippen molar-refractivity contribution >= 4 is 27.6 Å². The molecule has 2 N–H and O–H groups in total. The van der Waals surface area contributed by atoms with E-state index < -0.39 is 0 Å². The summed E-state index contributed by atoms with van der Waals surface area (Å²) in [4.78, 5) is 12.2. The molecular weight excluding hydrogens is 424 g/mol. The number of para-hydroxylation sites is 1. The summed E-state index contributed by atoms with van der Waals surface area (Å²) in [6.07, 6.45) is 2.55. The second-order valence-electron chi connectivity index (χ2n) is 6.19. The van der Waals surface area contributed by atoms with E-state index in [0.29, 0.717) is 43.4 Å². The van der Waals surface area contributed by atoms with Gasteiger partial charge in [0.05, 0.1) is 17.1 Å². The summed E-state index contributed by atoms with van der Waals surface area (Å²) >= 11 is 3.44. The minimum absolute atomic E-state index is 0.292. The molecule has 3 aromatic rings. The van der Waals surface area contributed by atoms with Gasteiger partial charge in [0, 0.05) is 35.8 Å². The molecule has 1 aromatic heterocycles. The highest BCUT2D eigenvalue weighted by Gasteiger charge is 2.16. The molecule has 144 valence electrons. The predicted molar refractivity (Wildman–Crippen MR) is 109 cm³/mol. The van der Waals surface area contributed by atoms with Crippen molar-refractivity contribution in [3.8, 4) is 17.2 Å². The van der Waals surface area contributed by atoms with Gasteiger partial charge in [-0.05, 0) is 34.1 Å². The number of anilines is 1. The zero-order valence-corrected chi connectivity index (χ0v) is 16.6. The molecule has 2 amide bonds. The summed E-state index contributed by atoms with van der Waals surface area (Å²) in [6, 6.07) is 15.1. The number of rotatable bonds is 5. The van der Waals surface area contributed by atoms with Crippen LogP contribution in [0.3, 0.4) is 0 Å². The summed E-state index contributed by atoms with van der Waals surface area (Å²) < 4.78 is 13.6. The maximum absolute atomic E-state index is 12.2. The predicted octanol–water partition coefficient (Wildman–Crippen LogP) is 3.77. The normalized spacial score (nSPS) is 12.5. The van der Waals surface area contributed by atoms with E-state index >= 15 is 0 Å². The molecule has 0 saturated heterocycles. The van der Waals surface area contributed by atoms with Gasteiger partial charge in [0.15, 0.2) is 11.5 Å². The molecule has 0 fully saturated rings. The topological polar surface area (TPSA) is 77.4 Å². The molecule has 0 radical (unpaired) electrons. The number of ether oxygens (including phenoxy) is 2. The summed E-state index contributed by atoms with van der Waals surface area (Å²) in [5.41, 5.74) is 2.53. The first-order valence-corrected chi connectivity index (χ1v) is 9.72. The van der Waals surface area contributed by atoms with Crippen LogP contribution < -0.4 is 20.1 Å². The Kier molecular flexibility index (Phi) is 5.48. The highest BCUT2D eigenvalue weighted by molar-refractivity contribution is 9.10. The fraction of sp³-hybridized carbons (Fsp3) is 0.200. The molecule has 0 unspecified atom stereocenters. The molecule has 28 heavy (non-hydrogen) atoms. The van der Waals surface area contributed by atoms with Gasteiger partial charge in [-0.15, -0.1) is 0 Å². The van der Waals surface area contributed by atoms with E-state index in [4.69, 9.17) is 9.47 Å². The monoisotopic (exact) mass is 442 g/mol. The molecule has 1 aliphatic rings. The fourth-order valence-electron chi connectivity index (χ4n) is 2.85. The van der Waals surface area contributed by atoms with Gasteiger partial charge in [0.1, 0.15) is 13.2 Å². The lowest BCUT2D eigenvalue weighted by atomic mass is 10.2. The molecule has 0 saturated carbocycles. The molecule has 2 heterocycles. The molecule has 0 spiro atoms. The molecule has 4 rings (SSSR count). The van der Waals surface area contributed by atoms with Crippen LogP contribution in [0.1, 0.15) is 5.69 Å². The Morgan fingerprint density at radius 3 is 2.64 bits per heavy atom. The van der Waals surface area contributed by atoms with Gasteiger partial charge >= 0.3 is 6.03 Å². The minimum atomic E-state index is -0.292. The second kappa shape index (κ2) is 8.35. The number of urea groups is 1. The zero-order valence-electron chi connectivity index (χ0n) is 15.0. The molecule has 0 atom stereocenters. The molecule has 7 nitrogen and oxygen atoms in total. The average Bonchev–Trinajstić information content (AvgIpc) is 3.18. The van der Waals surface area contributed by atoms with Gasteiger partial charge in [-0.1, -0.05) is 18.2 Å². The van der Waals surface area contributed by atoms with Crippen molar-refractivity contribution in [2.24, 2.45) is 0 Å². The molecule has 8 heteroatoms. The number of benzene rings is 2. The molecule has 0 bridgehead atoms. The first-order chi connectivity index (χ1) is 13.7. The Bertz CT molecular complexity index is 975. The minimum Gasteiger partial charge on any atom is -0.486 e. The summed E-state index contributed by atoms with van der Waals surface area (Å²) in [5.74, 6) is 1.29. The smallest absolute Gasteiger partial charge is 0.319 e. The van der Waals surface area contributed by atoms with E-state index in [1.54, 1.807) is 12.1 Å². The quantitative estimate of drug-likeness (QED) is 0.630. The van der Waals surface area contributed by atoms with Gasteiger partial charge in [0.2, 0.25) is 0 Å². The number of nitrogens with zero attached hydrogens (tertiary/aromatic N) is 2. The Balaban J connectivity index is 1.30. The number of hydrogen-bond acceptors (Lipinski definition) is 4. The van der Waals surface area contributed by atoms with Crippen LogP contribution in [-0.2, 0) is 6.42 Å². The van der Waals surface area contributed by atoms with Crippen molar-refractivity contribution in [1.29, 1.82) is 0 Å². The Hall–Kier alpha value is -3.00. The Morgan fingerprint density at radius 2 is 1.86 bits per heavy atom. The van der Waals surface area contributed by atoms with E-state index in [-0.39, 0.29) is 6.03 Å². The van der Waals surface area contributed by atoms with Crippen molar-refractivity contribution in [2.45, 2.75) is 6.42 Å². The van der Waals surface area contributed by atoms with Crippen LogP contribution in [0.4, 0.5) is 10.5 Å². The molecular formula is C20H19BrN4O3. The number of aromatic nitrogens is 2. The summed E-state index contributed by atoms with van der Waals surface area (Å²) in [5, 5.41) is 10.2. The highest BCUT2D eigenvalue weighted by atomic mass is 79.9. The second-order valence-corrected chi connectivity index (χ2v) is 7.05. The van der Waals surface area contributed by atoms with Crippen molar-refractivity contribution < 1.29 is 14.3 Å². The maximum atomic E-state index is 12.2. The Morgan fingerprint density at radius 1 is 1.11 bits per heavy atom. The van der Waals surface area contributed by atoms with Crippen molar-refractivity contribution in [3.05, 3.63) is 64.9 Å². The molecule has 1 aliphatic heterocycles. The lowest BCUT2D eigenvalue weighted by molar-refractivity contribution is 0.171. The number of hydrogen-bond donors (Lipinski definition) is 2. The third kappa shape index (κ3) is 4.28. The maximum Gasteiger partial charge on any atom is 0.319 e. The fourth-order valence-corrected chi connectivity index (χ4v) is 3.27. The van der Waals surface area contributed by atoms with E-state index in [1.165, 1.54) is 0 Å². The Labute approximate surface area is 170 Å². The van der Waals surface area contributed by atoms with Crippen LogP contribution in [0.2, 0.25) is 0 Å². The summed E-state index contributed by atoms with van der Waals surface area (Å²) in [7, 11) is 0. The number of nitrogens with one attached hydrogen (secondary N) is 2. The lowest BCUT2D eigenvalue weighted by Gasteiger charge is -2.20. The van der Waals surface area contributed by atoms with Gasteiger partial charge in [0.25, 0.3) is 0 Å². The van der Waals surface area contributed by atoms with E-state index in [2.05, 4.69) is 31.7 Å². The first kappa shape index (κ1) is 18.4. The average molecular weight is 443 g/mol. The van der Waals surface area contributed by atoms with Crippen LogP contribution in [-0.4, -0.2) is 35.6 Å². The summed E-state index contributed by atoms with van der Waals surface area (Å²) in [6.45, 7) is 1.49. The van der Waals surface area contributed by atoms with Gasteiger partial charge in [-0.25, -0.2) is 9.48 Å². The van der Waals surface area contributed by atoms with E-state index in [1.807, 2.05) is 47.3 Å². The van der Waals surface area contributed by atoms with Gasteiger partial charge in [-0.2, -0.15) is 5.10 Å². The number of carbonyl (C=O) groups excluding carboxylic acids is 1. The van der Waals surface area contributed by atoms with Gasteiger partial charge in [-0.3, -0.25) is 0 Å². The van der Waals surface area contributed by atoms with E-state index in [0.717, 1.165) is 15.9 Å². The molecule has 0 aliphatic carbocycles. The zero-order chi connectivity index (χ0) is 19.3. The van der Waals surface area contributed by atoms with Crippen LogP contribution >= 0.6 is 15.9 Å². The van der Waals surface area contributed by atoms with Crippen LogP contribution in [0.15, 0.2) is 59.2 Å². The van der Waals surface area contributed by atoms with Gasteiger partial charge < -0.3 is 20.1 Å². The van der Waals surface area contributed by atoms with Crippen molar-refractivity contribution in [2.75, 3.05) is 25.1 Å². The third-order valence-electron chi connectivity index (χ3n) is 4.21. The van der Waals surface area contributed by atoms with Crippen molar-refractivity contribution in [1.82, 2.24) is 15.1 Å². The van der Waals surface area contributed by atoms with Crippen molar-refractivity contribution in [3.63, 3.8) is 0 Å². The lowest BCUT2D eigenvalue weighted by Crippen LogP contribution is -2.30. The van der Waals surface area contributed by atoms with Crippen LogP contribution in [0.5, 0.6) is 11.5 Å². The number of fused-ring (bicyclic) bond motifs is 1. The first-order valence-electron chi connectivity index (χ1n) is 8.93. The number of halogens is 1. The SMILES string of the molecule is O=C(NCCc1ccn(-c2ccccc2)n1)Nc1cc2c(cc1Br)OCCO2. The number of carbonyl (C=O) groups is 1.